The van der Waals surface area contributed by atoms with Crippen LogP contribution in [0.3, 0.4) is 0 Å². The van der Waals surface area contributed by atoms with Gasteiger partial charge in [0.2, 0.25) is 0 Å². The highest BCUT2D eigenvalue weighted by Gasteiger charge is 2.45. The fourth-order valence-electron chi connectivity index (χ4n) is 4.32. The molecule has 2 aliphatic rings. The maximum absolute atomic E-state index is 13.1. The van der Waals surface area contributed by atoms with Crippen LogP contribution >= 0.6 is 75.1 Å². The Morgan fingerprint density at radius 3 is 2.11 bits per heavy atom. The molecule has 9 nitrogen and oxygen atoms in total. The van der Waals surface area contributed by atoms with Crippen molar-refractivity contribution in [3.05, 3.63) is 45.0 Å². The van der Waals surface area contributed by atoms with Crippen LogP contribution in [0.1, 0.15) is 68.2 Å². The van der Waals surface area contributed by atoms with Gasteiger partial charge in [0.25, 0.3) is 17.7 Å². The van der Waals surface area contributed by atoms with Gasteiger partial charge in [-0.1, -0.05) is 0 Å². The fourth-order valence-corrected chi connectivity index (χ4v) is 8.07. The standard InChI is InChI=1S/C24H20Br4N2O7S/c1-3-36-24(35)13-10-6-4-5-7-11(10)38-20(13)29-12(31)8-37-23(34)9(2)30-21(32)14-15(22(30)33)17(26)19(28)18(27)16(14)25/h9H,3-8H2,1-2H3,(H,29,31). The van der Waals surface area contributed by atoms with E-state index in [1.54, 1.807) is 6.92 Å². The summed E-state index contributed by atoms with van der Waals surface area (Å²) in [5.41, 5.74) is 1.44. The molecule has 0 bridgehead atoms. The van der Waals surface area contributed by atoms with E-state index in [9.17, 15) is 24.0 Å². The van der Waals surface area contributed by atoms with E-state index in [0.29, 0.717) is 28.5 Å². The summed E-state index contributed by atoms with van der Waals surface area (Å²) in [5, 5.41) is 3.02. The van der Waals surface area contributed by atoms with Gasteiger partial charge in [-0.2, -0.15) is 0 Å². The third-order valence-corrected chi connectivity index (χ3v) is 12.1. The lowest BCUT2D eigenvalue weighted by molar-refractivity contribution is -0.150. The van der Waals surface area contributed by atoms with Gasteiger partial charge >= 0.3 is 11.9 Å². The predicted octanol–water partition coefficient (Wildman–Crippen LogP) is 6.02. The molecule has 2 aromatic rings. The number of thiophene rings is 1. The normalized spacial score (nSPS) is 15.2. The maximum Gasteiger partial charge on any atom is 0.341 e. The van der Waals surface area contributed by atoms with Gasteiger partial charge in [0.15, 0.2) is 6.61 Å². The average Bonchev–Trinajstić information content (AvgIpc) is 3.38. The number of halogens is 4. The van der Waals surface area contributed by atoms with Crippen LogP contribution in [0.2, 0.25) is 0 Å². The van der Waals surface area contributed by atoms with Gasteiger partial charge in [-0.25, -0.2) is 9.59 Å². The molecule has 1 aliphatic carbocycles. The molecule has 0 spiro atoms. The molecule has 3 amide bonds. The number of nitrogens with one attached hydrogen (secondary N) is 1. The first-order valence-electron chi connectivity index (χ1n) is 11.5. The molecule has 1 unspecified atom stereocenters. The molecule has 202 valence electrons. The molecule has 1 atom stereocenters. The SMILES string of the molecule is CCOC(=O)c1c(NC(=O)COC(=O)C(C)N2C(=O)c3c(Br)c(Br)c(Br)c(Br)c3C2=O)sc2c1CCCC2. The molecule has 1 aromatic heterocycles. The number of esters is 2. The van der Waals surface area contributed by atoms with E-state index in [4.69, 9.17) is 9.47 Å². The van der Waals surface area contributed by atoms with E-state index >= 15 is 0 Å². The summed E-state index contributed by atoms with van der Waals surface area (Å²) in [6.45, 7) is 2.59. The molecular weight excluding hydrogens is 780 g/mol. The molecule has 0 saturated carbocycles. The van der Waals surface area contributed by atoms with E-state index in [2.05, 4.69) is 69.0 Å². The number of nitrogens with zero attached hydrogens (tertiary/aromatic N) is 1. The number of ether oxygens (including phenoxy) is 2. The van der Waals surface area contributed by atoms with Crippen molar-refractivity contribution in [1.29, 1.82) is 0 Å². The summed E-state index contributed by atoms with van der Waals surface area (Å²) in [7, 11) is 0. The van der Waals surface area contributed by atoms with Crippen molar-refractivity contribution >= 4 is 110 Å². The number of amides is 3. The second-order valence-electron chi connectivity index (χ2n) is 8.45. The number of hydrogen-bond acceptors (Lipinski definition) is 8. The lowest BCUT2D eigenvalue weighted by atomic mass is 9.95. The van der Waals surface area contributed by atoms with Crippen molar-refractivity contribution in [2.45, 2.75) is 45.6 Å². The quantitative estimate of drug-likeness (QED) is 0.158. The van der Waals surface area contributed by atoms with Crippen LogP contribution in [0.15, 0.2) is 17.9 Å². The van der Waals surface area contributed by atoms with Crippen LogP contribution in [0, 0.1) is 0 Å². The highest BCUT2D eigenvalue weighted by Crippen LogP contribution is 2.45. The van der Waals surface area contributed by atoms with Crippen LogP contribution in [0.5, 0.6) is 0 Å². The van der Waals surface area contributed by atoms with E-state index in [1.165, 1.54) is 18.3 Å². The number of anilines is 1. The molecular formula is C24H20Br4N2O7S. The zero-order chi connectivity index (χ0) is 27.9. The maximum atomic E-state index is 13.1. The number of fused-ring (bicyclic) bond motifs is 2. The summed E-state index contributed by atoms with van der Waals surface area (Å²) in [4.78, 5) is 66.1. The lowest BCUT2D eigenvalue weighted by Crippen LogP contribution is -2.44. The number of rotatable bonds is 7. The van der Waals surface area contributed by atoms with Crippen molar-refractivity contribution in [3.63, 3.8) is 0 Å². The first kappa shape index (κ1) is 29.4. The molecule has 38 heavy (non-hydrogen) atoms. The van der Waals surface area contributed by atoms with Crippen molar-refractivity contribution in [2.24, 2.45) is 0 Å². The first-order valence-corrected chi connectivity index (χ1v) is 15.5. The van der Waals surface area contributed by atoms with Crippen molar-refractivity contribution in [2.75, 3.05) is 18.5 Å². The summed E-state index contributed by atoms with van der Waals surface area (Å²) in [6.07, 6.45) is 3.48. The molecule has 14 heteroatoms. The highest BCUT2D eigenvalue weighted by atomic mass is 79.9. The topological polar surface area (TPSA) is 119 Å². The van der Waals surface area contributed by atoms with E-state index < -0.39 is 42.3 Å². The summed E-state index contributed by atoms with van der Waals surface area (Å²) in [6, 6.07) is -1.30. The molecule has 4 rings (SSSR count). The van der Waals surface area contributed by atoms with Gasteiger partial charge in [-0.15, -0.1) is 11.3 Å². The first-order chi connectivity index (χ1) is 18.0. The number of imide groups is 1. The molecule has 1 aromatic carbocycles. The monoisotopic (exact) mass is 796 g/mol. The largest absolute Gasteiger partial charge is 0.462 e. The van der Waals surface area contributed by atoms with Gasteiger partial charge < -0.3 is 14.8 Å². The summed E-state index contributed by atoms with van der Waals surface area (Å²) in [5.74, 6) is -3.45. The van der Waals surface area contributed by atoms with Crippen LogP contribution < -0.4 is 5.32 Å². The summed E-state index contributed by atoms with van der Waals surface area (Å²) >= 11 is 14.7. The van der Waals surface area contributed by atoms with Crippen LogP contribution in [-0.4, -0.2) is 53.8 Å². The molecule has 1 aliphatic heterocycles. The molecule has 0 saturated heterocycles. The molecule has 0 fully saturated rings. The van der Waals surface area contributed by atoms with Gasteiger partial charge in [0.05, 0.1) is 23.3 Å². The number of carbonyl (C=O) groups excluding carboxylic acids is 5. The highest BCUT2D eigenvalue weighted by molar-refractivity contribution is 9.15. The zero-order valence-corrected chi connectivity index (χ0v) is 27.2. The Hall–Kier alpha value is -1.61. The van der Waals surface area contributed by atoms with E-state index in [1.807, 2.05) is 0 Å². The number of benzene rings is 1. The Kier molecular flexibility index (Phi) is 9.17. The fraction of sp³-hybridized carbons (Fsp3) is 0.375. The molecule has 2 heterocycles. The van der Waals surface area contributed by atoms with Crippen LogP contribution in [0.25, 0.3) is 0 Å². The molecule has 1 N–H and O–H groups in total. The second-order valence-corrected chi connectivity index (χ2v) is 12.7. The Bertz CT molecular complexity index is 1340. The Morgan fingerprint density at radius 2 is 1.53 bits per heavy atom. The summed E-state index contributed by atoms with van der Waals surface area (Å²) < 4.78 is 12.1. The minimum Gasteiger partial charge on any atom is -0.462 e. The lowest BCUT2D eigenvalue weighted by Gasteiger charge is -2.20. The van der Waals surface area contributed by atoms with Gasteiger partial charge in [0.1, 0.15) is 11.0 Å². The zero-order valence-electron chi connectivity index (χ0n) is 20.0. The Morgan fingerprint density at radius 1 is 0.947 bits per heavy atom. The van der Waals surface area contributed by atoms with Crippen molar-refractivity contribution < 1.29 is 33.4 Å². The predicted molar refractivity (Wildman–Crippen MR) is 154 cm³/mol. The third-order valence-electron chi connectivity index (χ3n) is 6.11. The van der Waals surface area contributed by atoms with Gasteiger partial charge in [-0.05, 0) is 109 Å². The smallest absolute Gasteiger partial charge is 0.341 e. The second kappa shape index (κ2) is 11.9. The van der Waals surface area contributed by atoms with Crippen LogP contribution in [0.4, 0.5) is 5.00 Å². The van der Waals surface area contributed by atoms with Gasteiger partial charge in [0, 0.05) is 22.8 Å². The average molecular weight is 800 g/mol. The minimum atomic E-state index is -1.30. The van der Waals surface area contributed by atoms with Crippen molar-refractivity contribution in [1.82, 2.24) is 4.90 Å². The van der Waals surface area contributed by atoms with Crippen molar-refractivity contribution in [3.8, 4) is 0 Å². The number of carbonyl (C=O) groups is 5. The van der Waals surface area contributed by atoms with Gasteiger partial charge in [-0.3, -0.25) is 19.3 Å². The Labute approximate surface area is 255 Å². The number of hydrogen-bond donors (Lipinski definition) is 1. The van der Waals surface area contributed by atoms with Crippen LogP contribution in [-0.2, 0) is 31.9 Å². The molecule has 0 radical (unpaired) electrons. The Balaban J connectivity index is 1.46. The van der Waals surface area contributed by atoms with E-state index in [0.717, 1.165) is 41.0 Å². The van der Waals surface area contributed by atoms with E-state index in [-0.39, 0.29) is 17.7 Å². The third kappa shape index (κ3) is 5.26. The number of aryl methyl sites for hydroxylation is 1. The minimum absolute atomic E-state index is 0.0995.